The highest BCUT2D eigenvalue weighted by Crippen LogP contribution is 2.24. The number of carbonyl (C=O) groups is 3. The van der Waals surface area contributed by atoms with Crippen LogP contribution in [0.2, 0.25) is 0 Å². The zero-order chi connectivity index (χ0) is 22.4. The second-order valence-electron chi connectivity index (χ2n) is 7.07. The predicted molar refractivity (Wildman–Crippen MR) is 117 cm³/mol. The third-order valence-corrected chi connectivity index (χ3v) is 4.76. The lowest BCUT2D eigenvalue weighted by Crippen LogP contribution is -2.26. The molecular weight excluding hydrogens is 394 g/mol. The molecule has 0 saturated heterocycles. The van der Waals surface area contributed by atoms with Crippen molar-refractivity contribution >= 4 is 23.5 Å². The third-order valence-electron chi connectivity index (χ3n) is 4.76. The minimum atomic E-state index is -1.14. The van der Waals surface area contributed by atoms with E-state index in [1.807, 2.05) is 38.1 Å². The van der Waals surface area contributed by atoms with E-state index in [0.717, 1.165) is 11.1 Å². The van der Waals surface area contributed by atoms with E-state index in [1.165, 1.54) is 31.4 Å². The maximum absolute atomic E-state index is 13.1. The van der Waals surface area contributed by atoms with Crippen molar-refractivity contribution in [3.8, 4) is 0 Å². The van der Waals surface area contributed by atoms with Crippen molar-refractivity contribution in [2.75, 3.05) is 12.4 Å². The average Bonchev–Trinajstić information content (AvgIpc) is 2.79. The Balaban J connectivity index is 1.84. The van der Waals surface area contributed by atoms with Crippen LogP contribution in [0, 0.1) is 13.8 Å². The van der Waals surface area contributed by atoms with Crippen LogP contribution in [-0.2, 0) is 14.3 Å². The summed E-state index contributed by atoms with van der Waals surface area (Å²) in [4.78, 5) is 37.4. The van der Waals surface area contributed by atoms with E-state index in [1.54, 1.807) is 24.3 Å². The van der Waals surface area contributed by atoms with Gasteiger partial charge in [-0.15, -0.1) is 0 Å². The SMILES string of the molecule is COC(=O)c1ccc(C(=O)OC(C(=O)Nc2cc(C)ccc2C)c2ccccc2)cc1. The number of amides is 1. The summed E-state index contributed by atoms with van der Waals surface area (Å²) in [5, 5.41) is 2.86. The van der Waals surface area contributed by atoms with E-state index in [9.17, 15) is 14.4 Å². The predicted octanol–water partition coefficient (Wildman–Crippen LogP) is 4.63. The van der Waals surface area contributed by atoms with E-state index in [-0.39, 0.29) is 5.56 Å². The molecule has 0 aliphatic rings. The van der Waals surface area contributed by atoms with Gasteiger partial charge < -0.3 is 14.8 Å². The Hall–Kier alpha value is -3.93. The Morgan fingerprint density at radius 1 is 0.806 bits per heavy atom. The molecule has 1 atom stereocenters. The first-order valence-corrected chi connectivity index (χ1v) is 9.71. The molecule has 6 heteroatoms. The molecule has 0 aliphatic carbocycles. The van der Waals surface area contributed by atoms with Gasteiger partial charge in [0.05, 0.1) is 18.2 Å². The molecule has 0 bridgehead atoms. The molecule has 1 unspecified atom stereocenters. The molecule has 1 amide bonds. The standard InChI is InChI=1S/C25H23NO5/c1-16-9-10-17(2)21(15-16)26-23(27)22(18-7-5-4-6-8-18)31-25(29)20-13-11-19(12-14-20)24(28)30-3/h4-15,22H,1-3H3,(H,26,27). The van der Waals surface area contributed by atoms with Crippen LogP contribution < -0.4 is 5.32 Å². The van der Waals surface area contributed by atoms with Crippen LogP contribution in [-0.4, -0.2) is 25.0 Å². The monoisotopic (exact) mass is 417 g/mol. The maximum atomic E-state index is 13.1. The summed E-state index contributed by atoms with van der Waals surface area (Å²) in [6.45, 7) is 3.82. The summed E-state index contributed by atoms with van der Waals surface area (Å²) in [6.07, 6.45) is -1.14. The van der Waals surface area contributed by atoms with Gasteiger partial charge in [0.25, 0.3) is 5.91 Å². The largest absolute Gasteiger partial charge is 0.465 e. The van der Waals surface area contributed by atoms with Gasteiger partial charge in [-0.2, -0.15) is 0 Å². The zero-order valence-electron chi connectivity index (χ0n) is 17.5. The molecule has 158 valence electrons. The van der Waals surface area contributed by atoms with E-state index >= 15 is 0 Å². The fourth-order valence-corrected chi connectivity index (χ4v) is 3.00. The smallest absolute Gasteiger partial charge is 0.339 e. The summed E-state index contributed by atoms with van der Waals surface area (Å²) < 4.78 is 10.2. The number of aryl methyl sites for hydroxylation is 2. The lowest BCUT2D eigenvalue weighted by atomic mass is 10.1. The van der Waals surface area contributed by atoms with E-state index in [2.05, 4.69) is 10.1 Å². The zero-order valence-corrected chi connectivity index (χ0v) is 17.5. The van der Waals surface area contributed by atoms with Crippen LogP contribution in [0.4, 0.5) is 5.69 Å². The maximum Gasteiger partial charge on any atom is 0.339 e. The number of methoxy groups -OCH3 is 1. The van der Waals surface area contributed by atoms with Gasteiger partial charge in [0.15, 0.2) is 0 Å². The summed E-state index contributed by atoms with van der Waals surface area (Å²) >= 11 is 0. The van der Waals surface area contributed by atoms with Crippen molar-refractivity contribution in [2.45, 2.75) is 20.0 Å². The second kappa shape index (κ2) is 9.71. The number of benzene rings is 3. The van der Waals surface area contributed by atoms with E-state index in [0.29, 0.717) is 16.8 Å². The number of ether oxygens (including phenoxy) is 2. The molecule has 0 heterocycles. The van der Waals surface area contributed by atoms with Crippen molar-refractivity contribution in [2.24, 2.45) is 0 Å². The number of carbonyl (C=O) groups excluding carboxylic acids is 3. The first kappa shape index (κ1) is 21.8. The van der Waals surface area contributed by atoms with Crippen molar-refractivity contribution in [3.63, 3.8) is 0 Å². The second-order valence-corrected chi connectivity index (χ2v) is 7.07. The molecule has 0 aliphatic heterocycles. The minimum absolute atomic E-state index is 0.216. The van der Waals surface area contributed by atoms with Crippen LogP contribution >= 0.6 is 0 Å². The number of anilines is 1. The third kappa shape index (κ3) is 5.36. The molecule has 0 spiro atoms. The quantitative estimate of drug-likeness (QED) is 0.592. The summed E-state index contributed by atoms with van der Waals surface area (Å²) in [6, 6.07) is 20.4. The number of nitrogens with one attached hydrogen (secondary N) is 1. The molecule has 3 aromatic rings. The highest BCUT2D eigenvalue weighted by Gasteiger charge is 2.26. The first-order chi connectivity index (χ1) is 14.9. The van der Waals surface area contributed by atoms with Crippen molar-refractivity contribution in [1.82, 2.24) is 0 Å². The van der Waals surface area contributed by atoms with Gasteiger partial charge in [-0.05, 0) is 55.3 Å². The summed E-state index contributed by atoms with van der Waals surface area (Å²) in [7, 11) is 1.28. The summed E-state index contributed by atoms with van der Waals surface area (Å²) in [5.41, 5.74) is 3.63. The van der Waals surface area contributed by atoms with Gasteiger partial charge >= 0.3 is 11.9 Å². The summed E-state index contributed by atoms with van der Waals surface area (Å²) in [5.74, 6) is -1.64. The molecule has 0 aromatic heterocycles. The highest BCUT2D eigenvalue weighted by atomic mass is 16.5. The fourth-order valence-electron chi connectivity index (χ4n) is 3.00. The molecule has 0 fully saturated rings. The Kier molecular flexibility index (Phi) is 6.82. The number of rotatable bonds is 6. The fraction of sp³-hybridized carbons (Fsp3) is 0.160. The Bertz CT molecular complexity index is 1090. The molecule has 6 nitrogen and oxygen atoms in total. The van der Waals surface area contributed by atoms with Crippen LogP contribution in [0.25, 0.3) is 0 Å². The van der Waals surface area contributed by atoms with Crippen LogP contribution in [0.15, 0.2) is 72.8 Å². The van der Waals surface area contributed by atoms with Crippen LogP contribution in [0.1, 0.15) is 43.5 Å². The van der Waals surface area contributed by atoms with E-state index < -0.39 is 23.9 Å². The molecule has 3 aromatic carbocycles. The van der Waals surface area contributed by atoms with Gasteiger partial charge in [-0.3, -0.25) is 4.79 Å². The molecule has 3 rings (SSSR count). The lowest BCUT2D eigenvalue weighted by Gasteiger charge is -2.19. The van der Waals surface area contributed by atoms with Gasteiger partial charge in [0.1, 0.15) is 0 Å². The number of hydrogen-bond donors (Lipinski definition) is 1. The Morgan fingerprint density at radius 3 is 2.03 bits per heavy atom. The normalized spacial score (nSPS) is 11.3. The van der Waals surface area contributed by atoms with E-state index in [4.69, 9.17) is 4.74 Å². The minimum Gasteiger partial charge on any atom is -0.465 e. The molecule has 0 radical (unpaired) electrons. The molecular formula is C25H23NO5. The van der Waals surface area contributed by atoms with Crippen molar-refractivity contribution in [3.05, 3.63) is 101 Å². The van der Waals surface area contributed by atoms with Crippen molar-refractivity contribution < 1.29 is 23.9 Å². The number of hydrogen-bond acceptors (Lipinski definition) is 5. The topological polar surface area (TPSA) is 81.7 Å². The number of esters is 2. The highest BCUT2D eigenvalue weighted by molar-refractivity contribution is 5.99. The molecule has 1 N–H and O–H groups in total. The van der Waals surface area contributed by atoms with Crippen molar-refractivity contribution in [1.29, 1.82) is 0 Å². The Labute approximate surface area is 180 Å². The molecule has 31 heavy (non-hydrogen) atoms. The van der Waals surface area contributed by atoms with Gasteiger partial charge in [-0.25, -0.2) is 9.59 Å². The van der Waals surface area contributed by atoms with Crippen LogP contribution in [0.3, 0.4) is 0 Å². The van der Waals surface area contributed by atoms with Gasteiger partial charge in [0.2, 0.25) is 6.10 Å². The van der Waals surface area contributed by atoms with Gasteiger partial charge in [0, 0.05) is 11.3 Å². The Morgan fingerprint density at radius 2 is 1.42 bits per heavy atom. The average molecular weight is 417 g/mol. The molecule has 0 saturated carbocycles. The lowest BCUT2D eigenvalue weighted by molar-refractivity contribution is -0.125. The first-order valence-electron chi connectivity index (χ1n) is 9.71. The van der Waals surface area contributed by atoms with Crippen LogP contribution in [0.5, 0.6) is 0 Å². The van der Waals surface area contributed by atoms with Gasteiger partial charge in [-0.1, -0.05) is 42.5 Å².